The van der Waals surface area contributed by atoms with E-state index in [0.717, 1.165) is 5.56 Å². The highest BCUT2D eigenvalue weighted by molar-refractivity contribution is 7.91. The fourth-order valence-electron chi connectivity index (χ4n) is 3.29. The molecule has 1 saturated heterocycles. The van der Waals surface area contributed by atoms with Crippen LogP contribution in [-0.4, -0.2) is 31.8 Å². The van der Waals surface area contributed by atoms with Crippen molar-refractivity contribution in [1.82, 2.24) is 4.31 Å². The summed E-state index contributed by atoms with van der Waals surface area (Å²) in [6.45, 7) is 9.04. The topological polar surface area (TPSA) is 63.7 Å². The van der Waals surface area contributed by atoms with Crippen molar-refractivity contribution in [3.63, 3.8) is 0 Å². The minimum absolute atomic E-state index is 0.0359. The highest BCUT2D eigenvalue weighted by Gasteiger charge is 2.33. The summed E-state index contributed by atoms with van der Waals surface area (Å²) in [5, 5.41) is 1.75. The number of sulfonamides is 1. The minimum Gasteiger partial charge on any atom is -0.426 e. The molecular weight excluding hydrogens is 394 g/mol. The molecule has 2 aromatic rings. The van der Waals surface area contributed by atoms with Gasteiger partial charge in [-0.1, -0.05) is 39.0 Å². The third kappa shape index (κ3) is 4.47. The molecule has 7 heteroatoms. The molecule has 1 aromatic carbocycles. The number of esters is 1. The van der Waals surface area contributed by atoms with Crippen molar-refractivity contribution in [3.8, 4) is 5.75 Å². The normalized spacial score (nSPS) is 16.9. The van der Waals surface area contributed by atoms with Crippen molar-refractivity contribution >= 4 is 27.3 Å². The molecule has 1 aliphatic rings. The van der Waals surface area contributed by atoms with Crippen LogP contribution in [-0.2, 0) is 20.2 Å². The highest BCUT2D eigenvalue weighted by Crippen LogP contribution is 2.30. The molecule has 0 radical (unpaired) electrons. The molecule has 0 bridgehead atoms. The molecule has 152 valence electrons. The number of piperidine rings is 1. The number of nitrogens with zero attached hydrogens (tertiary/aromatic N) is 1. The van der Waals surface area contributed by atoms with E-state index in [-0.39, 0.29) is 17.3 Å². The molecule has 0 amide bonds. The Hall–Kier alpha value is -1.70. The van der Waals surface area contributed by atoms with E-state index in [1.54, 1.807) is 17.5 Å². The van der Waals surface area contributed by atoms with E-state index < -0.39 is 10.0 Å². The number of thiophene rings is 1. The summed E-state index contributed by atoms with van der Waals surface area (Å²) >= 11 is 1.22. The molecule has 0 saturated carbocycles. The van der Waals surface area contributed by atoms with Crippen molar-refractivity contribution in [2.75, 3.05) is 13.1 Å². The summed E-state index contributed by atoms with van der Waals surface area (Å²) in [7, 11) is -3.45. The highest BCUT2D eigenvalue weighted by atomic mass is 32.2. The van der Waals surface area contributed by atoms with Crippen molar-refractivity contribution in [2.24, 2.45) is 5.92 Å². The Labute approximate surface area is 171 Å². The first-order valence-corrected chi connectivity index (χ1v) is 11.8. The average Bonchev–Trinajstić information content (AvgIpc) is 3.18. The average molecular weight is 422 g/mol. The molecule has 5 nitrogen and oxygen atoms in total. The molecule has 28 heavy (non-hydrogen) atoms. The quantitative estimate of drug-likeness (QED) is 0.543. The standard InChI is InChI=1S/C21H27NO4S2/c1-15-14-17(21(2,3)4)7-8-18(15)26-20(23)16-9-11-22(12-10-16)28(24,25)19-6-5-13-27-19/h5-8,13-14,16H,9-12H2,1-4H3. The second-order valence-electron chi connectivity index (χ2n) is 8.26. The van der Waals surface area contributed by atoms with E-state index in [2.05, 4.69) is 26.8 Å². The van der Waals surface area contributed by atoms with Crippen LogP contribution in [0.1, 0.15) is 44.7 Å². The van der Waals surface area contributed by atoms with Crippen LogP contribution in [0.2, 0.25) is 0 Å². The molecule has 0 spiro atoms. The first-order chi connectivity index (χ1) is 13.1. The fourth-order valence-corrected chi connectivity index (χ4v) is 5.91. The predicted octanol–water partition coefficient (Wildman–Crippen LogP) is 4.36. The lowest BCUT2D eigenvalue weighted by molar-refractivity contribution is -0.140. The summed E-state index contributed by atoms with van der Waals surface area (Å²) in [6, 6.07) is 9.24. The van der Waals surface area contributed by atoms with E-state index in [0.29, 0.717) is 35.9 Å². The Balaban J connectivity index is 1.62. The van der Waals surface area contributed by atoms with Gasteiger partial charge in [0.1, 0.15) is 9.96 Å². The molecule has 1 aliphatic heterocycles. The van der Waals surface area contributed by atoms with Gasteiger partial charge in [-0.15, -0.1) is 11.3 Å². The van der Waals surface area contributed by atoms with Crippen molar-refractivity contribution in [3.05, 3.63) is 46.8 Å². The molecule has 3 rings (SSSR count). The number of ether oxygens (including phenoxy) is 1. The van der Waals surface area contributed by atoms with Crippen molar-refractivity contribution in [2.45, 2.75) is 50.2 Å². The number of rotatable bonds is 4. The smallest absolute Gasteiger partial charge is 0.314 e. The van der Waals surface area contributed by atoms with E-state index >= 15 is 0 Å². The first-order valence-electron chi connectivity index (χ1n) is 9.45. The van der Waals surface area contributed by atoms with E-state index in [1.807, 2.05) is 19.1 Å². The molecule has 2 heterocycles. The van der Waals surface area contributed by atoms with Gasteiger partial charge in [0.05, 0.1) is 5.92 Å². The molecule has 0 atom stereocenters. The van der Waals surface area contributed by atoms with Gasteiger partial charge in [0.15, 0.2) is 0 Å². The van der Waals surface area contributed by atoms with Gasteiger partial charge in [0.25, 0.3) is 10.0 Å². The number of benzene rings is 1. The lowest BCUT2D eigenvalue weighted by Crippen LogP contribution is -2.40. The van der Waals surface area contributed by atoms with Gasteiger partial charge in [0.2, 0.25) is 0 Å². The minimum atomic E-state index is -3.45. The number of aryl methyl sites for hydroxylation is 1. The monoisotopic (exact) mass is 421 g/mol. The second-order valence-corrected chi connectivity index (χ2v) is 11.4. The summed E-state index contributed by atoms with van der Waals surface area (Å²) in [5.74, 6) is 0.0166. The molecule has 0 aliphatic carbocycles. The Morgan fingerprint density at radius 1 is 1.18 bits per heavy atom. The molecule has 1 aromatic heterocycles. The van der Waals surface area contributed by atoms with Crippen LogP contribution < -0.4 is 4.74 Å². The Morgan fingerprint density at radius 2 is 1.86 bits per heavy atom. The first kappa shape index (κ1) is 21.0. The van der Waals surface area contributed by atoms with Gasteiger partial charge in [-0.05, 0) is 53.8 Å². The van der Waals surface area contributed by atoms with Gasteiger partial charge in [-0.2, -0.15) is 4.31 Å². The summed E-state index contributed by atoms with van der Waals surface area (Å²) in [5.41, 5.74) is 2.16. The van der Waals surface area contributed by atoms with Crippen molar-refractivity contribution < 1.29 is 17.9 Å². The van der Waals surface area contributed by atoms with Gasteiger partial charge in [-0.3, -0.25) is 4.79 Å². The predicted molar refractivity (Wildman–Crippen MR) is 111 cm³/mol. The molecule has 1 fully saturated rings. The van der Waals surface area contributed by atoms with Crippen LogP contribution in [0.4, 0.5) is 0 Å². The Bertz CT molecular complexity index is 935. The zero-order valence-corrected chi connectivity index (χ0v) is 18.4. The van der Waals surface area contributed by atoms with Crippen LogP contribution in [0.25, 0.3) is 0 Å². The third-order valence-electron chi connectivity index (χ3n) is 5.13. The number of hydrogen-bond acceptors (Lipinski definition) is 5. The lowest BCUT2D eigenvalue weighted by Gasteiger charge is -2.29. The fraction of sp³-hybridized carbons (Fsp3) is 0.476. The SMILES string of the molecule is Cc1cc(C(C)(C)C)ccc1OC(=O)C1CCN(S(=O)(=O)c2cccs2)CC1. The van der Waals surface area contributed by atoms with E-state index in [4.69, 9.17) is 4.74 Å². The largest absolute Gasteiger partial charge is 0.426 e. The summed E-state index contributed by atoms with van der Waals surface area (Å²) in [6.07, 6.45) is 0.950. The van der Waals surface area contributed by atoms with Gasteiger partial charge >= 0.3 is 5.97 Å². The number of carbonyl (C=O) groups is 1. The maximum atomic E-state index is 12.6. The van der Waals surface area contributed by atoms with Crippen LogP contribution in [0.15, 0.2) is 39.9 Å². The zero-order chi connectivity index (χ0) is 20.5. The van der Waals surface area contributed by atoms with Crippen LogP contribution in [0.5, 0.6) is 5.75 Å². The van der Waals surface area contributed by atoms with Crippen LogP contribution in [0, 0.1) is 12.8 Å². The van der Waals surface area contributed by atoms with E-state index in [1.165, 1.54) is 21.2 Å². The molecular formula is C21H27NO4S2. The zero-order valence-electron chi connectivity index (χ0n) is 16.8. The third-order valence-corrected chi connectivity index (χ3v) is 8.40. The second kappa shape index (κ2) is 7.97. The summed E-state index contributed by atoms with van der Waals surface area (Å²) in [4.78, 5) is 12.6. The lowest BCUT2D eigenvalue weighted by atomic mass is 9.86. The van der Waals surface area contributed by atoms with E-state index in [9.17, 15) is 13.2 Å². The van der Waals surface area contributed by atoms with Crippen LogP contribution in [0.3, 0.4) is 0 Å². The maximum Gasteiger partial charge on any atom is 0.314 e. The molecule has 0 N–H and O–H groups in total. The van der Waals surface area contributed by atoms with Gasteiger partial charge in [-0.25, -0.2) is 8.42 Å². The number of hydrogen-bond donors (Lipinski definition) is 0. The summed E-state index contributed by atoms with van der Waals surface area (Å²) < 4.78 is 32.6. The Morgan fingerprint density at radius 3 is 2.39 bits per heavy atom. The van der Waals surface area contributed by atoms with Crippen LogP contribution >= 0.6 is 11.3 Å². The van der Waals surface area contributed by atoms with Gasteiger partial charge < -0.3 is 4.74 Å². The number of carbonyl (C=O) groups excluding carboxylic acids is 1. The van der Waals surface area contributed by atoms with Crippen molar-refractivity contribution in [1.29, 1.82) is 0 Å². The maximum absolute atomic E-state index is 12.6. The van der Waals surface area contributed by atoms with Gasteiger partial charge in [0, 0.05) is 13.1 Å². The Kier molecular flexibility index (Phi) is 5.98. The molecule has 0 unspecified atom stereocenters.